The molecule has 0 saturated heterocycles. The van der Waals surface area contributed by atoms with E-state index in [4.69, 9.17) is 5.73 Å². The Morgan fingerprint density at radius 3 is 2.90 bits per heavy atom. The highest BCUT2D eigenvalue weighted by molar-refractivity contribution is 5.85. The molecule has 0 aliphatic rings. The number of anilines is 2. The fraction of sp³-hybridized carbons (Fsp3) is 0.500. The second-order valence-electron chi connectivity index (χ2n) is 4.94. The largest absolute Gasteiger partial charge is 0.391 e. The number of fused-ring (bicyclic) bond motifs is 1. The predicted molar refractivity (Wildman–Crippen MR) is 80.4 cm³/mol. The van der Waals surface area contributed by atoms with Gasteiger partial charge < -0.3 is 16.2 Å². The number of aromatic nitrogens is 3. The summed E-state index contributed by atoms with van der Waals surface area (Å²) < 4.78 is 0. The first-order chi connectivity index (χ1) is 9.61. The van der Waals surface area contributed by atoms with Crippen molar-refractivity contribution in [2.24, 2.45) is 0 Å². The van der Waals surface area contributed by atoms with Crippen LogP contribution in [-0.2, 0) is 0 Å². The number of unbranched alkanes of at least 4 members (excludes halogenated alkanes) is 1. The van der Waals surface area contributed by atoms with E-state index in [1.165, 1.54) is 0 Å². The molecule has 0 aliphatic carbocycles. The highest BCUT2D eigenvalue weighted by atomic mass is 16.3. The number of aliphatic hydroxyl groups excluding tert-OH is 1. The fourth-order valence-corrected chi connectivity index (χ4v) is 2.12. The van der Waals surface area contributed by atoms with Crippen LogP contribution in [-0.4, -0.2) is 32.2 Å². The Kier molecular flexibility index (Phi) is 4.68. The summed E-state index contributed by atoms with van der Waals surface area (Å²) in [5.41, 5.74) is 7.09. The van der Waals surface area contributed by atoms with Crippen molar-refractivity contribution in [2.45, 2.75) is 45.3 Å². The molecule has 2 aromatic heterocycles. The molecular formula is C14H21N5O. The van der Waals surface area contributed by atoms with E-state index < -0.39 is 6.10 Å². The lowest BCUT2D eigenvalue weighted by Gasteiger charge is -2.22. The summed E-state index contributed by atoms with van der Waals surface area (Å²) in [4.78, 5) is 12.7. The molecular weight excluding hydrogens is 254 g/mol. The zero-order valence-electron chi connectivity index (χ0n) is 11.9. The van der Waals surface area contributed by atoms with Gasteiger partial charge in [-0.3, -0.25) is 4.98 Å². The fourth-order valence-electron chi connectivity index (χ4n) is 2.12. The lowest BCUT2D eigenvalue weighted by Crippen LogP contribution is -2.32. The van der Waals surface area contributed by atoms with E-state index in [0.29, 0.717) is 16.9 Å². The van der Waals surface area contributed by atoms with Gasteiger partial charge in [0, 0.05) is 6.20 Å². The van der Waals surface area contributed by atoms with Gasteiger partial charge >= 0.3 is 0 Å². The van der Waals surface area contributed by atoms with Crippen LogP contribution >= 0.6 is 0 Å². The maximum atomic E-state index is 9.88. The molecule has 0 aliphatic heterocycles. The van der Waals surface area contributed by atoms with E-state index in [1.807, 2.05) is 12.1 Å². The Morgan fingerprint density at radius 1 is 1.40 bits per heavy atom. The van der Waals surface area contributed by atoms with Gasteiger partial charge in [-0.15, -0.1) is 0 Å². The summed E-state index contributed by atoms with van der Waals surface area (Å²) in [5.74, 6) is 0.780. The van der Waals surface area contributed by atoms with Gasteiger partial charge in [-0.2, -0.15) is 4.98 Å². The van der Waals surface area contributed by atoms with Crippen molar-refractivity contribution >= 4 is 22.8 Å². The third kappa shape index (κ3) is 3.33. The molecule has 0 spiro atoms. The Morgan fingerprint density at radius 2 is 2.20 bits per heavy atom. The number of hydrogen-bond acceptors (Lipinski definition) is 6. The molecule has 0 unspecified atom stereocenters. The first kappa shape index (κ1) is 14.5. The molecule has 0 amide bonds. The number of nitrogens with one attached hydrogen (secondary N) is 1. The van der Waals surface area contributed by atoms with Gasteiger partial charge in [-0.05, 0) is 25.5 Å². The maximum absolute atomic E-state index is 9.88. The lowest BCUT2D eigenvalue weighted by molar-refractivity contribution is 0.166. The molecule has 4 N–H and O–H groups in total. The summed E-state index contributed by atoms with van der Waals surface area (Å²) in [6.07, 6.45) is 4.20. The predicted octanol–water partition coefficient (Wildman–Crippen LogP) is 1.96. The van der Waals surface area contributed by atoms with E-state index in [2.05, 4.69) is 27.2 Å². The van der Waals surface area contributed by atoms with Crippen molar-refractivity contribution in [3.05, 3.63) is 18.3 Å². The molecule has 0 fully saturated rings. The Labute approximate surface area is 118 Å². The molecule has 2 atom stereocenters. The van der Waals surface area contributed by atoms with Crippen LogP contribution in [0.5, 0.6) is 0 Å². The van der Waals surface area contributed by atoms with Crippen LogP contribution in [0.3, 0.4) is 0 Å². The molecule has 2 aromatic rings. The van der Waals surface area contributed by atoms with Gasteiger partial charge in [0.2, 0.25) is 5.95 Å². The molecule has 0 aromatic carbocycles. The number of pyridine rings is 1. The number of nitrogens with zero attached hydrogens (tertiary/aromatic N) is 3. The van der Waals surface area contributed by atoms with Crippen molar-refractivity contribution in [1.82, 2.24) is 15.0 Å². The maximum Gasteiger partial charge on any atom is 0.222 e. The highest BCUT2D eigenvalue weighted by Gasteiger charge is 2.17. The minimum Gasteiger partial charge on any atom is -0.391 e. The van der Waals surface area contributed by atoms with Crippen LogP contribution < -0.4 is 11.1 Å². The zero-order valence-corrected chi connectivity index (χ0v) is 11.9. The number of nitrogen functional groups attached to an aromatic ring is 1. The topological polar surface area (TPSA) is 97.0 Å². The SMILES string of the molecule is CCCC[C@@H](Nc1nc(N)nc2cccnc12)[C@H](C)O. The second kappa shape index (κ2) is 6.47. The normalized spacial score (nSPS) is 14.2. The molecule has 6 heteroatoms. The van der Waals surface area contributed by atoms with E-state index in [0.717, 1.165) is 19.3 Å². The number of hydrogen-bond donors (Lipinski definition) is 3. The van der Waals surface area contributed by atoms with Crippen LogP contribution in [0.25, 0.3) is 11.0 Å². The molecule has 2 rings (SSSR count). The van der Waals surface area contributed by atoms with Gasteiger partial charge in [0.15, 0.2) is 5.82 Å². The number of rotatable bonds is 6. The molecule has 20 heavy (non-hydrogen) atoms. The van der Waals surface area contributed by atoms with Gasteiger partial charge in [0.05, 0.1) is 17.7 Å². The smallest absolute Gasteiger partial charge is 0.222 e. The van der Waals surface area contributed by atoms with Gasteiger partial charge in [0.25, 0.3) is 0 Å². The summed E-state index contributed by atoms with van der Waals surface area (Å²) in [5, 5.41) is 13.1. The average molecular weight is 275 g/mol. The quantitative estimate of drug-likeness (QED) is 0.745. The highest BCUT2D eigenvalue weighted by Crippen LogP contribution is 2.21. The lowest BCUT2D eigenvalue weighted by atomic mass is 10.1. The molecule has 0 saturated carbocycles. The van der Waals surface area contributed by atoms with Gasteiger partial charge in [0.1, 0.15) is 5.52 Å². The van der Waals surface area contributed by atoms with E-state index in [1.54, 1.807) is 13.1 Å². The third-order valence-corrected chi connectivity index (χ3v) is 3.25. The minimum absolute atomic E-state index is 0.0746. The van der Waals surface area contributed by atoms with Crippen molar-refractivity contribution < 1.29 is 5.11 Å². The van der Waals surface area contributed by atoms with E-state index in [9.17, 15) is 5.11 Å². The molecule has 0 radical (unpaired) electrons. The summed E-state index contributed by atoms with van der Waals surface area (Å²) in [6.45, 7) is 3.90. The minimum atomic E-state index is -0.475. The van der Waals surface area contributed by atoms with Gasteiger partial charge in [-0.25, -0.2) is 4.98 Å². The summed E-state index contributed by atoms with van der Waals surface area (Å²) in [6, 6.07) is 3.57. The standard InChI is InChI=1S/C14H21N5O/c1-3-4-6-10(9(2)20)17-13-12-11(7-5-8-16-12)18-14(15)19-13/h5,7-10,20H,3-4,6H2,1-2H3,(H3,15,17,18,19)/t9-,10+/m0/s1. The van der Waals surface area contributed by atoms with E-state index in [-0.39, 0.29) is 12.0 Å². The van der Waals surface area contributed by atoms with E-state index >= 15 is 0 Å². The van der Waals surface area contributed by atoms with Crippen molar-refractivity contribution in [1.29, 1.82) is 0 Å². The third-order valence-electron chi connectivity index (χ3n) is 3.25. The number of aliphatic hydroxyl groups is 1. The van der Waals surface area contributed by atoms with Crippen LogP contribution in [0.15, 0.2) is 18.3 Å². The van der Waals surface area contributed by atoms with Crippen molar-refractivity contribution in [3.8, 4) is 0 Å². The number of nitrogens with two attached hydrogens (primary N) is 1. The molecule has 2 heterocycles. The first-order valence-corrected chi connectivity index (χ1v) is 6.94. The Balaban J connectivity index is 2.31. The van der Waals surface area contributed by atoms with Crippen LogP contribution in [0.1, 0.15) is 33.1 Å². The molecule has 0 bridgehead atoms. The zero-order chi connectivity index (χ0) is 14.5. The summed E-state index contributed by atoms with van der Waals surface area (Å²) >= 11 is 0. The Bertz CT molecular complexity index is 572. The van der Waals surface area contributed by atoms with Crippen molar-refractivity contribution in [2.75, 3.05) is 11.1 Å². The molecule has 6 nitrogen and oxygen atoms in total. The van der Waals surface area contributed by atoms with Crippen LogP contribution in [0.4, 0.5) is 11.8 Å². The second-order valence-corrected chi connectivity index (χ2v) is 4.94. The summed E-state index contributed by atoms with van der Waals surface area (Å²) in [7, 11) is 0. The van der Waals surface area contributed by atoms with Gasteiger partial charge in [-0.1, -0.05) is 19.8 Å². The van der Waals surface area contributed by atoms with Crippen LogP contribution in [0, 0.1) is 0 Å². The Hall–Kier alpha value is -1.95. The average Bonchev–Trinajstić information content (AvgIpc) is 2.42. The van der Waals surface area contributed by atoms with Crippen molar-refractivity contribution in [3.63, 3.8) is 0 Å². The monoisotopic (exact) mass is 275 g/mol. The van der Waals surface area contributed by atoms with Crippen LogP contribution in [0.2, 0.25) is 0 Å². The molecule has 108 valence electrons. The first-order valence-electron chi connectivity index (χ1n) is 6.94.